The Bertz CT molecular complexity index is 646. The number of hydrogen-bond donors (Lipinski definition) is 0. The summed E-state index contributed by atoms with van der Waals surface area (Å²) in [5.74, 6) is 1.01. The first-order valence-corrected chi connectivity index (χ1v) is 8.53. The lowest BCUT2D eigenvalue weighted by molar-refractivity contribution is -0.174. The molecule has 0 radical (unpaired) electrons. The topological polar surface area (TPSA) is 54.4 Å². The lowest BCUT2D eigenvalue weighted by Crippen LogP contribution is -2.55. The number of carbonyl (C=O) groups excluding carboxylic acids is 1. The summed E-state index contributed by atoms with van der Waals surface area (Å²) in [5.41, 5.74) is 0.441. The molecule has 4 aliphatic rings. The van der Waals surface area contributed by atoms with Gasteiger partial charge in [-0.25, -0.2) is 4.99 Å². The molecule has 3 aliphatic heterocycles. The lowest BCUT2D eigenvalue weighted by Gasteiger charge is -2.42. The molecule has 1 atom stereocenters. The van der Waals surface area contributed by atoms with Crippen LogP contribution >= 0.6 is 0 Å². The Morgan fingerprint density at radius 2 is 2.38 bits per heavy atom. The molecule has 1 aliphatic carbocycles. The van der Waals surface area contributed by atoms with Crippen molar-refractivity contribution in [3.05, 3.63) is 36.3 Å². The van der Waals surface area contributed by atoms with Crippen LogP contribution in [0.2, 0.25) is 0 Å². The summed E-state index contributed by atoms with van der Waals surface area (Å²) in [5, 5.41) is 0. The van der Waals surface area contributed by atoms with Gasteiger partial charge in [-0.1, -0.05) is 12.7 Å². The minimum atomic E-state index is -0.599. The van der Waals surface area contributed by atoms with Gasteiger partial charge in [0.25, 0.3) is 5.91 Å². The van der Waals surface area contributed by atoms with Gasteiger partial charge in [-0.2, -0.15) is 0 Å². The van der Waals surface area contributed by atoms with E-state index in [2.05, 4.69) is 11.6 Å². The smallest absolute Gasteiger partial charge is 0.257 e. The summed E-state index contributed by atoms with van der Waals surface area (Å²) < 4.78 is 12.0. The summed E-state index contributed by atoms with van der Waals surface area (Å²) in [6, 6.07) is 0. The number of allylic oxidation sites excluding steroid dienone is 3. The van der Waals surface area contributed by atoms with Crippen LogP contribution in [0.1, 0.15) is 25.7 Å². The zero-order valence-electron chi connectivity index (χ0n) is 14.0. The highest BCUT2D eigenvalue weighted by molar-refractivity contribution is 5.88. The van der Waals surface area contributed by atoms with Crippen LogP contribution in [0.3, 0.4) is 0 Å². The van der Waals surface area contributed by atoms with Crippen molar-refractivity contribution >= 4 is 12.1 Å². The van der Waals surface area contributed by atoms with Crippen LogP contribution in [0.4, 0.5) is 0 Å². The summed E-state index contributed by atoms with van der Waals surface area (Å²) >= 11 is 0. The molecule has 6 nitrogen and oxygen atoms in total. The Morgan fingerprint density at radius 3 is 3.12 bits per heavy atom. The molecule has 0 aromatic rings. The largest absolute Gasteiger partial charge is 0.372 e. The molecule has 0 aromatic carbocycles. The van der Waals surface area contributed by atoms with Crippen molar-refractivity contribution in [2.75, 3.05) is 20.2 Å². The molecule has 1 amide bonds. The van der Waals surface area contributed by atoms with E-state index in [-0.39, 0.29) is 18.2 Å². The second-order valence-electron chi connectivity index (χ2n) is 6.80. The molecule has 1 saturated carbocycles. The fourth-order valence-electron chi connectivity index (χ4n) is 3.88. The number of amides is 1. The normalized spacial score (nSPS) is 36.3. The highest BCUT2D eigenvalue weighted by Crippen LogP contribution is 2.47. The predicted octanol–water partition coefficient (Wildman–Crippen LogP) is 1.81. The predicted molar refractivity (Wildman–Crippen MR) is 90.1 cm³/mol. The highest BCUT2D eigenvalue weighted by Gasteiger charge is 2.61. The molecule has 4 rings (SSSR count). The molecule has 1 unspecified atom stereocenters. The van der Waals surface area contributed by atoms with Crippen LogP contribution < -0.4 is 0 Å². The van der Waals surface area contributed by atoms with E-state index in [0.29, 0.717) is 19.4 Å². The molecule has 6 heteroatoms. The maximum atomic E-state index is 12.5. The molecule has 0 aromatic heterocycles. The molecule has 24 heavy (non-hydrogen) atoms. The Hall–Kier alpha value is -1.92. The van der Waals surface area contributed by atoms with E-state index in [0.717, 1.165) is 30.9 Å². The van der Waals surface area contributed by atoms with Crippen LogP contribution in [-0.4, -0.2) is 60.1 Å². The number of ether oxygens (including phenoxy) is 2. The lowest BCUT2D eigenvalue weighted by atomic mass is 9.76. The fraction of sp³-hybridized carbons (Fsp3) is 0.556. The van der Waals surface area contributed by atoms with Crippen molar-refractivity contribution in [2.45, 2.75) is 43.6 Å². The van der Waals surface area contributed by atoms with Crippen molar-refractivity contribution in [1.29, 1.82) is 0 Å². The molecule has 3 fully saturated rings. The molecule has 0 bridgehead atoms. The van der Waals surface area contributed by atoms with Gasteiger partial charge in [-0.15, -0.1) is 0 Å². The van der Waals surface area contributed by atoms with Gasteiger partial charge in [0.15, 0.2) is 5.60 Å². The van der Waals surface area contributed by atoms with Gasteiger partial charge in [0.2, 0.25) is 0 Å². The second kappa shape index (κ2) is 5.86. The summed E-state index contributed by atoms with van der Waals surface area (Å²) in [6.45, 7) is 5.04. The van der Waals surface area contributed by atoms with Crippen molar-refractivity contribution in [1.82, 2.24) is 9.80 Å². The Balaban J connectivity index is 1.31. The van der Waals surface area contributed by atoms with E-state index in [9.17, 15) is 4.79 Å². The quantitative estimate of drug-likeness (QED) is 0.789. The Labute approximate surface area is 142 Å². The first-order chi connectivity index (χ1) is 11.6. The van der Waals surface area contributed by atoms with Crippen molar-refractivity contribution in [2.24, 2.45) is 4.99 Å². The van der Waals surface area contributed by atoms with Gasteiger partial charge in [-0.3, -0.25) is 4.79 Å². The van der Waals surface area contributed by atoms with E-state index in [1.165, 1.54) is 0 Å². The number of fused-ring (bicyclic) bond motifs is 1. The molecule has 1 spiro atoms. The summed E-state index contributed by atoms with van der Waals surface area (Å²) in [6.07, 6.45) is 10.7. The molecular formula is C18H23N3O3. The SMILES string of the molecule is C=C/C=C1/N=CC=C(COC2CC3(C2)OC2CCCN2C3=O)N1C. The number of carbonyl (C=O) groups is 1. The average Bonchev–Trinajstić information content (AvgIpc) is 3.09. The van der Waals surface area contributed by atoms with E-state index >= 15 is 0 Å². The highest BCUT2D eigenvalue weighted by atomic mass is 16.6. The van der Waals surface area contributed by atoms with Crippen molar-refractivity contribution in [3.63, 3.8) is 0 Å². The minimum absolute atomic E-state index is 0.00782. The molecule has 2 saturated heterocycles. The van der Waals surface area contributed by atoms with E-state index in [1.807, 2.05) is 29.0 Å². The second-order valence-corrected chi connectivity index (χ2v) is 6.80. The van der Waals surface area contributed by atoms with Crippen molar-refractivity contribution in [3.8, 4) is 0 Å². The maximum absolute atomic E-state index is 12.5. The van der Waals surface area contributed by atoms with Crippen LogP contribution in [0.5, 0.6) is 0 Å². The zero-order valence-corrected chi connectivity index (χ0v) is 14.0. The van der Waals surface area contributed by atoms with E-state index in [1.54, 1.807) is 12.3 Å². The molecule has 128 valence electrons. The number of nitrogens with zero attached hydrogens (tertiary/aromatic N) is 3. The van der Waals surface area contributed by atoms with Crippen LogP contribution in [0.15, 0.2) is 41.3 Å². The molecule has 3 heterocycles. The maximum Gasteiger partial charge on any atom is 0.257 e. The van der Waals surface area contributed by atoms with Crippen LogP contribution in [0.25, 0.3) is 0 Å². The third-order valence-electron chi connectivity index (χ3n) is 5.31. The third-order valence-corrected chi connectivity index (χ3v) is 5.31. The summed E-state index contributed by atoms with van der Waals surface area (Å²) in [7, 11) is 1.96. The Morgan fingerprint density at radius 1 is 1.54 bits per heavy atom. The summed E-state index contributed by atoms with van der Waals surface area (Å²) in [4.78, 5) is 20.7. The van der Waals surface area contributed by atoms with Gasteiger partial charge in [0.05, 0.1) is 12.7 Å². The van der Waals surface area contributed by atoms with Gasteiger partial charge in [0.1, 0.15) is 12.0 Å². The number of aliphatic imine (C=N–C) groups is 1. The standard InChI is InChI=1S/C18H23N3O3/c1-3-5-15-19-8-7-13(20(15)2)12-23-14-10-18(11-14)17(22)21-9-4-6-16(21)24-18/h3,5,7-8,14,16H,1,4,6,9-12H2,2H3/b15-5-. The minimum Gasteiger partial charge on any atom is -0.372 e. The van der Waals surface area contributed by atoms with Gasteiger partial charge < -0.3 is 19.3 Å². The van der Waals surface area contributed by atoms with E-state index < -0.39 is 5.60 Å². The molecule has 0 N–H and O–H groups in total. The number of likely N-dealkylation sites (N-methyl/N-ethyl adjacent to an activating group) is 1. The first-order valence-electron chi connectivity index (χ1n) is 8.53. The molecular weight excluding hydrogens is 306 g/mol. The van der Waals surface area contributed by atoms with Gasteiger partial charge >= 0.3 is 0 Å². The van der Waals surface area contributed by atoms with Crippen LogP contribution in [-0.2, 0) is 14.3 Å². The average molecular weight is 329 g/mol. The fourth-order valence-corrected chi connectivity index (χ4v) is 3.88. The van der Waals surface area contributed by atoms with Crippen molar-refractivity contribution < 1.29 is 14.3 Å². The van der Waals surface area contributed by atoms with E-state index in [4.69, 9.17) is 9.47 Å². The monoisotopic (exact) mass is 329 g/mol. The third kappa shape index (κ3) is 2.41. The number of rotatable bonds is 4. The van der Waals surface area contributed by atoms with Crippen LogP contribution in [0, 0.1) is 0 Å². The first kappa shape index (κ1) is 15.6. The van der Waals surface area contributed by atoms with Gasteiger partial charge in [-0.05, 0) is 25.0 Å². The number of hydrogen-bond acceptors (Lipinski definition) is 5. The zero-order chi connectivity index (χ0) is 16.7. The van der Waals surface area contributed by atoms with Gasteiger partial charge in [0, 0.05) is 38.3 Å². The Kier molecular flexibility index (Phi) is 3.81.